The van der Waals surface area contributed by atoms with Crippen LogP contribution in [0.2, 0.25) is 0 Å². The zero-order chi connectivity index (χ0) is 20.3. The van der Waals surface area contributed by atoms with Gasteiger partial charge < -0.3 is 20.3 Å². The Morgan fingerprint density at radius 1 is 1.10 bits per heavy atom. The molecule has 2 aromatic rings. The molecule has 0 radical (unpaired) electrons. The molecular formula is C24H34N4O. The first-order valence-corrected chi connectivity index (χ1v) is 10.6. The predicted molar refractivity (Wildman–Crippen MR) is 121 cm³/mol. The monoisotopic (exact) mass is 394 g/mol. The van der Waals surface area contributed by atoms with Gasteiger partial charge in [-0.3, -0.25) is 4.99 Å². The molecule has 1 fully saturated rings. The summed E-state index contributed by atoms with van der Waals surface area (Å²) in [7, 11) is 1.83. The molecule has 5 heteroatoms. The van der Waals surface area contributed by atoms with Gasteiger partial charge in [0, 0.05) is 38.9 Å². The molecule has 1 aliphatic heterocycles. The fourth-order valence-electron chi connectivity index (χ4n) is 3.62. The zero-order valence-corrected chi connectivity index (χ0v) is 17.7. The topological polar surface area (TPSA) is 48.9 Å². The largest absolute Gasteiger partial charge is 0.376 e. The molecule has 3 rings (SSSR count). The van der Waals surface area contributed by atoms with Gasteiger partial charge in [-0.25, -0.2) is 0 Å². The lowest BCUT2D eigenvalue weighted by molar-refractivity contribution is 0.0931. The lowest BCUT2D eigenvalue weighted by Crippen LogP contribution is -2.42. The van der Waals surface area contributed by atoms with Crippen LogP contribution in [0, 0.1) is 11.8 Å². The van der Waals surface area contributed by atoms with Crippen LogP contribution in [-0.4, -0.2) is 45.8 Å². The van der Waals surface area contributed by atoms with Crippen LogP contribution in [0.15, 0.2) is 65.7 Å². The third-order valence-corrected chi connectivity index (χ3v) is 5.32. The molecule has 0 spiro atoms. The van der Waals surface area contributed by atoms with Crippen LogP contribution in [-0.2, 0) is 11.3 Å². The number of para-hydroxylation sites is 1. The Morgan fingerprint density at radius 2 is 1.83 bits per heavy atom. The summed E-state index contributed by atoms with van der Waals surface area (Å²) in [5.41, 5.74) is 2.54. The average Bonchev–Trinajstić information content (AvgIpc) is 3.24. The van der Waals surface area contributed by atoms with Crippen LogP contribution in [0.5, 0.6) is 0 Å². The number of nitrogens with zero attached hydrogens (tertiary/aromatic N) is 2. The van der Waals surface area contributed by atoms with E-state index < -0.39 is 0 Å². The first-order valence-electron chi connectivity index (χ1n) is 10.6. The second-order valence-electron chi connectivity index (χ2n) is 7.88. The molecular weight excluding hydrogens is 360 g/mol. The molecule has 0 saturated carbocycles. The van der Waals surface area contributed by atoms with Gasteiger partial charge in [0.2, 0.25) is 0 Å². The van der Waals surface area contributed by atoms with Crippen molar-refractivity contribution in [2.24, 2.45) is 16.8 Å². The highest BCUT2D eigenvalue weighted by atomic mass is 16.5. The summed E-state index contributed by atoms with van der Waals surface area (Å²) in [6, 6.07) is 21.0. The van der Waals surface area contributed by atoms with Crippen LogP contribution >= 0.6 is 0 Å². The number of hydrogen-bond donors (Lipinski definition) is 2. The van der Waals surface area contributed by atoms with Crippen molar-refractivity contribution < 1.29 is 4.74 Å². The van der Waals surface area contributed by atoms with Gasteiger partial charge in [-0.1, -0.05) is 55.5 Å². The van der Waals surface area contributed by atoms with Gasteiger partial charge in [-0.05, 0) is 36.0 Å². The fourth-order valence-corrected chi connectivity index (χ4v) is 3.62. The molecule has 0 aromatic heterocycles. The van der Waals surface area contributed by atoms with E-state index in [0.717, 1.165) is 38.7 Å². The third-order valence-electron chi connectivity index (χ3n) is 5.32. The second-order valence-corrected chi connectivity index (χ2v) is 7.88. The number of benzene rings is 2. The maximum Gasteiger partial charge on any atom is 0.190 e. The Bertz CT molecular complexity index is 735. The number of aliphatic imine (C=N–C) groups is 1. The molecule has 5 nitrogen and oxygen atoms in total. The molecule has 2 atom stereocenters. The van der Waals surface area contributed by atoms with Gasteiger partial charge >= 0.3 is 0 Å². The van der Waals surface area contributed by atoms with Crippen molar-refractivity contribution in [2.45, 2.75) is 20.0 Å². The molecule has 0 bridgehead atoms. The van der Waals surface area contributed by atoms with E-state index in [2.05, 4.69) is 69.9 Å². The minimum absolute atomic E-state index is 0.414. The summed E-state index contributed by atoms with van der Waals surface area (Å²) in [4.78, 5) is 6.83. The number of rotatable bonds is 9. The van der Waals surface area contributed by atoms with E-state index in [1.54, 1.807) is 0 Å². The lowest BCUT2D eigenvalue weighted by Gasteiger charge is -2.20. The highest BCUT2D eigenvalue weighted by Gasteiger charge is 2.22. The maximum absolute atomic E-state index is 5.84. The van der Waals surface area contributed by atoms with Crippen molar-refractivity contribution in [1.82, 2.24) is 10.6 Å². The van der Waals surface area contributed by atoms with Crippen molar-refractivity contribution in [3.8, 4) is 0 Å². The van der Waals surface area contributed by atoms with E-state index in [-0.39, 0.29) is 0 Å². The van der Waals surface area contributed by atoms with Gasteiger partial charge in [-0.15, -0.1) is 0 Å². The summed E-state index contributed by atoms with van der Waals surface area (Å²) >= 11 is 0. The van der Waals surface area contributed by atoms with E-state index in [1.165, 1.54) is 17.7 Å². The summed E-state index contributed by atoms with van der Waals surface area (Å²) < 4.78 is 5.84. The molecule has 2 N–H and O–H groups in total. The van der Waals surface area contributed by atoms with Crippen LogP contribution in [0.4, 0.5) is 5.69 Å². The zero-order valence-electron chi connectivity index (χ0n) is 17.7. The van der Waals surface area contributed by atoms with E-state index in [4.69, 9.17) is 4.74 Å². The summed E-state index contributed by atoms with van der Waals surface area (Å²) in [5, 5.41) is 6.92. The van der Waals surface area contributed by atoms with Crippen LogP contribution in [0.3, 0.4) is 0 Å². The Labute approximate surface area is 175 Å². The molecule has 1 heterocycles. The van der Waals surface area contributed by atoms with Gasteiger partial charge in [0.15, 0.2) is 5.96 Å². The molecule has 29 heavy (non-hydrogen) atoms. The van der Waals surface area contributed by atoms with Gasteiger partial charge in [0.25, 0.3) is 0 Å². The fraction of sp³-hybridized carbons (Fsp3) is 0.458. The van der Waals surface area contributed by atoms with E-state index in [9.17, 15) is 0 Å². The Kier molecular flexibility index (Phi) is 8.38. The Morgan fingerprint density at radius 3 is 2.55 bits per heavy atom. The first-order chi connectivity index (χ1) is 14.2. The minimum Gasteiger partial charge on any atom is -0.376 e. The maximum atomic E-state index is 5.84. The summed E-state index contributed by atoms with van der Waals surface area (Å²) in [6.07, 6.45) is 1.21. The standard InChI is InChI=1S/C24H34N4O/c1-20(18-29-19-21-9-5-3-6-10-21)15-26-24(25-2)27-16-22-13-14-28(17-22)23-11-7-4-8-12-23/h3-12,20,22H,13-19H2,1-2H3,(H2,25,26,27). The summed E-state index contributed by atoms with van der Waals surface area (Å²) in [5.74, 6) is 1.93. The predicted octanol–water partition coefficient (Wildman–Crippen LogP) is 3.53. The number of nitrogens with one attached hydrogen (secondary N) is 2. The molecule has 1 aliphatic rings. The van der Waals surface area contributed by atoms with Crippen molar-refractivity contribution >= 4 is 11.6 Å². The average molecular weight is 395 g/mol. The number of guanidine groups is 1. The molecule has 0 aliphatic carbocycles. The van der Waals surface area contributed by atoms with E-state index in [0.29, 0.717) is 18.4 Å². The summed E-state index contributed by atoms with van der Waals surface area (Å²) in [6.45, 7) is 7.60. The molecule has 156 valence electrons. The molecule has 0 amide bonds. The SMILES string of the molecule is CN=C(NCC(C)COCc1ccccc1)NCC1CCN(c2ccccc2)C1. The minimum atomic E-state index is 0.414. The molecule has 2 aromatic carbocycles. The van der Waals surface area contributed by atoms with Crippen molar-refractivity contribution in [1.29, 1.82) is 0 Å². The molecule has 1 saturated heterocycles. The van der Waals surface area contributed by atoms with Crippen molar-refractivity contribution in [2.75, 3.05) is 44.7 Å². The second kappa shape index (κ2) is 11.5. The number of anilines is 1. The van der Waals surface area contributed by atoms with E-state index in [1.807, 2.05) is 25.2 Å². The quantitative estimate of drug-likeness (QED) is 0.505. The highest BCUT2D eigenvalue weighted by molar-refractivity contribution is 5.79. The number of ether oxygens (including phenoxy) is 1. The van der Waals surface area contributed by atoms with Gasteiger partial charge in [-0.2, -0.15) is 0 Å². The Balaban J connectivity index is 1.31. The van der Waals surface area contributed by atoms with Crippen LogP contribution in [0.1, 0.15) is 18.9 Å². The van der Waals surface area contributed by atoms with Gasteiger partial charge in [0.05, 0.1) is 13.2 Å². The van der Waals surface area contributed by atoms with Gasteiger partial charge in [0.1, 0.15) is 0 Å². The van der Waals surface area contributed by atoms with E-state index >= 15 is 0 Å². The Hall–Kier alpha value is -2.53. The van der Waals surface area contributed by atoms with Crippen LogP contribution in [0.25, 0.3) is 0 Å². The van der Waals surface area contributed by atoms with Crippen molar-refractivity contribution in [3.63, 3.8) is 0 Å². The first kappa shape index (κ1) is 21.2. The molecule has 2 unspecified atom stereocenters. The third kappa shape index (κ3) is 7.09. The highest BCUT2D eigenvalue weighted by Crippen LogP contribution is 2.22. The normalized spacial score (nSPS) is 17.9. The van der Waals surface area contributed by atoms with Crippen molar-refractivity contribution in [3.05, 3.63) is 66.2 Å². The lowest BCUT2D eigenvalue weighted by atomic mass is 10.1. The number of hydrogen-bond acceptors (Lipinski definition) is 3. The smallest absolute Gasteiger partial charge is 0.190 e. The van der Waals surface area contributed by atoms with Crippen LogP contribution < -0.4 is 15.5 Å².